The van der Waals surface area contributed by atoms with Gasteiger partial charge in [0.05, 0.1) is 4.88 Å². The number of aromatic amines is 1. The second-order valence-electron chi connectivity index (χ2n) is 7.25. The van der Waals surface area contributed by atoms with Crippen LogP contribution in [0.1, 0.15) is 6.42 Å². The van der Waals surface area contributed by atoms with Gasteiger partial charge in [0, 0.05) is 57.9 Å². The summed E-state index contributed by atoms with van der Waals surface area (Å²) in [7, 11) is 0. The number of carbonyl (C=O) groups is 1. The van der Waals surface area contributed by atoms with Crippen LogP contribution in [-0.2, 0) is 11.3 Å². The number of aromatic nitrogens is 3. The Morgan fingerprint density at radius 2 is 1.90 bits per heavy atom. The third-order valence-corrected chi connectivity index (χ3v) is 6.48. The molecule has 7 nitrogen and oxygen atoms in total. The van der Waals surface area contributed by atoms with Crippen LogP contribution in [0, 0.1) is 4.77 Å². The number of hydrogen-bond acceptors (Lipinski definition) is 6. The molecule has 0 saturated carbocycles. The molecule has 9 heteroatoms. The minimum Gasteiger partial charge on any atom is -0.369 e. The van der Waals surface area contributed by atoms with Crippen molar-refractivity contribution in [3.63, 3.8) is 0 Å². The van der Waals surface area contributed by atoms with Gasteiger partial charge in [0.2, 0.25) is 5.91 Å². The Morgan fingerprint density at radius 3 is 2.63 bits per heavy atom. The lowest BCUT2D eigenvalue weighted by molar-refractivity contribution is -0.121. The maximum absolute atomic E-state index is 12.3. The molecule has 1 fully saturated rings. The number of carbonyl (C=O) groups excluding carboxylic acids is 1. The van der Waals surface area contributed by atoms with E-state index < -0.39 is 0 Å². The zero-order valence-electron chi connectivity index (χ0n) is 16.8. The van der Waals surface area contributed by atoms with Crippen LogP contribution in [0.4, 0.5) is 5.69 Å². The summed E-state index contributed by atoms with van der Waals surface area (Å²) in [5, 5.41) is 12.2. The molecule has 3 heterocycles. The van der Waals surface area contributed by atoms with Crippen molar-refractivity contribution in [2.45, 2.75) is 13.0 Å². The van der Waals surface area contributed by atoms with E-state index in [9.17, 15) is 4.79 Å². The van der Waals surface area contributed by atoms with Crippen LogP contribution in [0.2, 0.25) is 0 Å². The Balaban J connectivity index is 1.18. The van der Waals surface area contributed by atoms with E-state index in [0.29, 0.717) is 24.3 Å². The molecular formula is C21H26N6OS2. The lowest BCUT2D eigenvalue weighted by atomic mass is 10.2. The molecule has 0 atom stereocenters. The van der Waals surface area contributed by atoms with E-state index in [1.165, 1.54) is 5.69 Å². The zero-order valence-corrected chi connectivity index (χ0v) is 18.4. The summed E-state index contributed by atoms with van der Waals surface area (Å²) < 4.78 is 2.44. The quantitative estimate of drug-likeness (QED) is 0.525. The number of thiophene rings is 1. The highest BCUT2D eigenvalue weighted by Crippen LogP contribution is 2.22. The number of rotatable bonds is 8. The first kappa shape index (κ1) is 20.8. The van der Waals surface area contributed by atoms with Crippen molar-refractivity contribution in [1.29, 1.82) is 0 Å². The van der Waals surface area contributed by atoms with Crippen LogP contribution >= 0.6 is 23.6 Å². The van der Waals surface area contributed by atoms with Crippen LogP contribution in [0.5, 0.6) is 0 Å². The number of hydrogen-bond donors (Lipinski definition) is 2. The number of benzene rings is 1. The van der Waals surface area contributed by atoms with Crippen molar-refractivity contribution in [1.82, 2.24) is 25.0 Å². The van der Waals surface area contributed by atoms with Gasteiger partial charge < -0.3 is 10.2 Å². The molecule has 1 amide bonds. The molecule has 0 radical (unpaired) electrons. The van der Waals surface area contributed by atoms with Crippen LogP contribution in [0.3, 0.4) is 0 Å². The van der Waals surface area contributed by atoms with E-state index in [4.69, 9.17) is 12.2 Å². The van der Waals surface area contributed by atoms with Gasteiger partial charge in [-0.25, -0.2) is 0 Å². The van der Waals surface area contributed by atoms with Gasteiger partial charge >= 0.3 is 0 Å². The van der Waals surface area contributed by atoms with Crippen molar-refractivity contribution in [3.05, 3.63) is 52.6 Å². The molecule has 2 N–H and O–H groups in total. The fraction of sp³-hybridized carbons (Fsp3) is 0.381. The van der Waals surface area contributed by atoms with Gasteiger partial charge in [-0.1, -0.05) is 24.3 Å². The summed E-state index contributed by atoms with van der Waals surface area (Å²) >= 11 is 6.93. The Morgan fingerprint density at radius 1 is 1.10 bits per heavy atom. The highest BCUT2D eigenvalue weighted by atomic mass is 32.1. The molecule has 1 aliphatic heterocycles. The Bertz CT molecular complexity index is 990. The van der Waals surface area contributed by atoms with Crippen molar-refractivity contribution in [3.8, 4) is 10.7 Å². The SMILES string of the molecule is O=C(CCn1c(-c2cccs2)n[nH]c1=S)NCCN1CCN(c2ccccc2)CC1. The molecular weight excluding hydrogens is 416 g/mol. The Labute approximate surface area is 185 Å². The molecule has 3 aromatic rings. The van der Waals surface area contributed by atoms with E-state index in [1.807, 2.05) is 28.1 Å². The molecule has 1 aromatic carbocycles. The molecule has 0 unspecified atom stereocenters. The second kappa shape index (κ2) is 10.0. The van der Waals surface area contributed by atoms with Crippen molar-refractivity contribution < 1.29 is 4.79 Å². The minimum atomic E-state index is 0.0400. The van der Waals surface area contributed by atoms with Crippen molar-refractivity contribution in [2.75, 3.05) is 44.2 Å². The summed E-state index contributed by atoms with van der Waals surface area (Å²) in [6.07, 6.45) is 0.383. The monoisotopic (exact) mass is 442 g/mol. The fourth-order valence-electron chi connectivity index (χ4n) is 3.64. The summed E-state index contributed by atoms with van der Waals surface area (Å²) in [6, 6.07) is 14.5. The summed E-state index contributed by atoms with van der Waals surface area (Å²) in [4.78, 5) is 18.2. The standard InChI is InChI=1S/C21H26N6OS2/c28-19(8-10-27-20(23-24-21(27)29)18-7-4-16-30-18)22-9-11-25-12-14-26(15-13-25)17-5-2-1-3-6-17/h1-7,16H,8-15H2,(H,22,28)(H,24,29). The maximum atomic E-state index is 12.3. The van der Waals surface area contributed by atoms with E-state index in [0.717, 1.165) is 43.4 Å². The summed E-state index contributed by atoms with van der Waals surface area (Å²) in [6.45, 7) is 6.12. The van der Waals surface area contributed by atoms with Gasteiger partial charge in [-0.05, 0) is 35.8 Å². The number of piperazine rings is 1. The van der Waals surface area contributed by atoms with Gasteiger partial charge in [-0.15, -0.1) is 11.3 Å². The van der Waals surface area contributed by atoms with Gasteiger partial charge in [0.1, 0.15) is 0 Å². The minimum absolute atomic E-state index is 0.0400. The number of anilines is 1. The van der Waals surface area contributed by atoms with Gasteiger partial charge in [-0.3, -0.25) is 19.4 Å². The van der Waals surface area contributed by atoms with Crippen LogP contribution in [0.15, 0.2) is 47.8 Å². The molecule has 30 heavy (non-hydrogen) atoms. The predicted molar refractivity (Wildman–Crippen MR) is 123 cm³/mol. The van der Waals surface area contributed by atoms with E-state index >= 15 is 0 Å². The molecule has 4 rings (SSSR count). The number of amides is 1. The third kappa shape index (κ3) is 5.16. The third-order valence-electron chi connectivity index (χ3n) is 5.31. The smallest absolute Gasteiger partial charge is 0.221 e. The first-order valence-electron chi connectivity index (χ1n) is 10.2. The Hall–Kier alpha value is -2.49. The summed E-state index contributed by atoms with van der Waals surface area (Å²) in [5.41, 5.74) is 1.28. The Kier molecular flexibility index (Phi) is 6.93. The molecule has 0 bridgehead atoms. The van der Waals surface area contributed by atoms with Gasteiger partial charge in [0.25, 0.3) is 0 Å². The topological polar surface area (TPSA) is 69.2 Å². The molecule has 1 aliphatic rings. The highest BCUT2D eigenvalue weighted by Gasteiger charge is 2.17. The largest absolute Gasteiger partial charge is 0.369 e. The first-order chi connectivity index (χ1) is 14.7. The van der Waals surface area contributed by atoms with Crippen LogP contribution in [0.25, 0.3) is 10.7 Å². The zero-order chi connectivity index (χ0) is 20.8. The van der Waals surface area contributed by atoms with E-state index in [1.54, 1.807) is 11.3 Å². The van der Waals surface area contributed by atoms with Gasteiger partial charge in [0.15, 0.2) is 10.6 Å². The van der Waals surface area contributed by atoms with Crippen molar-refractivity contribution in [2.24, 2.45) is 0 Å². The number of nitrogens with one attached hydrogen (secondary N) is 2. The van der Waals surface area contributed by atoms with Crippen LogP contribution < -0.4 is 10.2 Å². The lowest BCUT2D eigenvalue weighted by Crippen LogP contribution is -2.48. The lowest BCUT2D eigenvalue weighted by Gasteiger charge is -2.36. The van der Waals surface area contributed by atoms with Crippen LogP contribution in [-0.4, -0.2) is 64.8 Å². The van der Waals surface area contributed by atoms with E-state index in [2.05, 4.69) is 49.6 Å². The van der Waals surface area contributed by atoms with Crippen molar-refractivity contribution >= 4 is 35.1 Å². The predicted octanol–water partition coefficient (Wildman–Crippen LogP) is 3.00. The fourth-order valence-corrected chi connectivity index (χ4v) is 4.59. The molecule has 158 valence electrons. The second-order valence-corrected chi connectivity index (χ2v) is 8.58. The number of H-pyrrole nitrogens is 1. The molecule has 0 aliphatic carbocycles. The summed E-state index contributed by atoms with van der Waals surface area (Å²) in [5.74, 6) is 0.831. The van der Waals surface area contributed by atoms with Gasteiger partial charge in [-0.2, -0.15) is 5.10 Å². The highest BCUT2D eigenvalue weighted by molar-refractivity contribution is 7.71. The average Bonchev–Trinajstić information content (AvgIpc) is 3.43. The number of nitrogens with zero attached hydrogens (tertiary/aromatic N) is 4. The molecule has 2 aromatic heterocycles. The maximum Gasteiger partial charge on any atom is 0.221 e. The normalized spacial score (nSPS) is 14.7. The molecule has 0 spiro atoms. The first-order valence-corrected chi connectivity index (χ1v) is 11.5. The average molecular weight is 443 g/mol. The molecule has 1 saturated heterocycles. The number of para-hydroxylation sites is 1. The van der Waals surface area contributed by atoms with E-state index in [-0.39, 0.29) is 5.91 Å².